The van der Waals surface area contributed by atoms with Gasteiger partial charge in [0, 0.05) is 11.8 Å². The fourth-order valence-corrected chi connectivity index (χ4v) is 3.11. The lowest BCUT2D eigenvalue weighted by molar-refractivity contribution is -0.119. The molecule has 3 rings (SSSR count). The van der Waals surface area contributed by atoms with E-state index < -0.39 is 24.1 Å². The summed E-state index contributed by atoms with van der Waals surface area (Å²) >= 11 is 0. The van der Waals surface area contributed by atoms with Gasteiger partial charge in [0.15, 0.2) is 6.61 Å². The maximum absolute atomic E-state index is 12.1. The lowest BCUT2D eigenvalue weighted by Gasteiger charge is -2.10. The number of aryl methyl sites for hydroxylation is 4. The molecular weight excluding hydrogens is 322 g/mol. The smallest absolute Gasteiger partial charge is 0.342 e. The molecule has 1 heterocycles. The van der Waals surface area contributed by atoms with E-state index in [0.717, 1.165) is 19.3 Å². The van der Waals surface area contributed by atoms with Gasteiger partial charge in [-0.1, -0.05) is 6.07 Å². The van der Waals surface area contributed by atoms with Gasteiger partial charge in [0.25, 0.3) is 5.91 Å². The topological polar surface area (TPSA) is 85.6 Å². The molecule has 1 aromatic heterocycles. The Labute approximate surface area is 144 Å². The van der Waals surface area contributed by atoms with Gasteiger partial charge in [-0.05, 0) is 61.9 Å². The van der Waals surface area contributed by atoms with Crippen molar-refractivity contribution in [1.82, 2.24) is 0 Å². The summed E-state index contributed by atoms with van der Waals surface area (Å²) in [5.74, 6) is -0.934. The molecule has 1 aliphatic carbocycles. The Morgan fingerprint density at radius 2 is 1.92 bits per heavy atom. The van der Waals surface area contributed by atoms with Crippen LogP contribution in [0.5, 0.6) is 0 Å². The van der Waals surface area contributed by atoms with E-state index in [9.17, 15) is 14.4 Å². The molecule has 6 heteroatoms. The second-order valence-corrected chi connectivity index (χ2v) is 6.14. The third-order valence-corrected chi connectivity index (χ3v) is 4.26. The fraction of sp³-hybridized carbons (Fsp3) is 0.316. The minimum atomic E-state index is -0.692. The molecule has 0 spiro atoms. The fourth-order valence-electron chi connectivity index (χ4n) is 3.11. The first-order valence-corrected chi connectivity index (χ1v) is 8.14. The zero-order valence-corrected chi connectivity index (χ0v) is 14.2. The molecule has 0 radical (unpaired) electrons. The normalized spacial score (nSPS) is 12.6. The van der Waals surface area contributed by atoms with Gasteiger partial charge in [0.2, 0.25) is 0 Å². The molecule has 0 aliphatic heterocycles. The van der Waals surface area contributed by atoms with Crippen molar-refractivity contribution < 1.29 is 18.7 Å². The number of rotatable bonds is 4. The highest BCUT2D eigenvalue weighted by Crippen LogP contribution is 2.24. The van der Waals surface area contributed by atoms with Crippen LogP contribution in [0.15, 0.2) is 33.5 Å². The largest absolute Gasteiger partial charge is 0.452 e. The number of hydrogen-bond acceptors (Lipinski definition) is 5. The number of carbonyl (C=O) groups excluding carboxylic acids is 2. The molecule has 0 unspecified atom stereocenters. The van der Waals surface area contributed by atoms with Gasteiger partial charge in [-0.25, -0.2) is 9.59 Å². The van der Waals surface area contributed by atoms with Crippen LogP contribution < -0.4 is 10.9 Å². The second-order valence-electron chi connectivity index (χ2n) is 6.14. The quantitative estimate of drug-likeness (QED) is 0.864. The number of hydrogen-bond donors (Lipinski definition) is 1. The lowest BCUT2D eigenvalue weighted by atomic mass is 10.1. The summed E-state index contributed by atoms with van der Waals surface area (Å²) in [7, 11) is 0. The average Bonchev–Trinajstić information content (AvgIpc) is 2.99. The van der Waals surface area contributed by atoms with E-state index in [1.54, 1.807) is 6.92 Å². The van der Waals surface area contributed by atoms with Crippen molar-refractivity contribution in [2.75, 3.05) is 11.9 Å². The van der Waals surface area contributed by atoms with E-state index in [1.165, 1.54) is 24.1 Å². The van der Waals surface area contributed by atoms with Crippen LogP contribution in [0.1, 0.15) is 39.2 Å². The Bertz CT molecular complexity index is 871. The van der Waals surface area contributed by atoms with Crippen LogP contribution in [0.4, 0.5) is 5.69 Å². The molecule has 1 N–H and O–H groups in total. The molecule has 1 aliphatic rings. The van der Waals surface area contributed by atoms with Crippen molar-refractivity contribution in [3.63, 3.8) is 0 Å². The van der Waals surface area contributed by atoms with Gasteiger partial charge in [-0.3, -0.25) is 4.79 Å². The summed E-state index contributed by atoms with van der Waals surface area (Å²) in [6.07, 6.45) is 3.23. The molecular formula is C19H19NO5. The Balaban J connectivity index is 1.61. The van der Waals surface area contributed by atoms with Gasteiger partial charge in [-0.15, -0.1) is 0 Å². The zero-order chi connectivity index (χ0) is 18.0. The maximum Gasteiger partial charge on any atom is 0.342 e. The van der Waals surface area contributed by atoms with Gasteiger partial charge in [-0.2, -0.15) is 0 Å². The molecule has 25 heavy (non-hydrogen) atoms. The Morgan fingerprint density at radius 1 is 1.16 bits per heavy atom. The summed E-state index contributed by atoms with van der Waals surface area (Å²) in [6.45, 7) is 2.72. The number of benzene rings is 1. The summed E-state index contributed by atoms with van der Waals surface area (Å²) in [6, 6.07) is 7.04. The standard InChI is InChI=1S/C19H19NO5/c1-11-8-17(22)25-12(2)18(11)19(23)24-10-16(21)20-15-7-6-13-4-3-5-14(13)9-15/h6-9H,3-5,10H2,1-2H3,(H,20,21). The predicted molar refractivity (Wildman–Crippen MR) is 91.8 cm³/mol. The first kappa shape index (κ1) is 17.0. The summed E-state index contributed by atoms with van der Waals surface area (Å²) in [4.78, 5) is 35.4. The van der Waals surface area contributed by atoms with Crippen molar-refractivity contribution in [2.24, 2.45) is 0 Å². The molecule has 130 valence electrons. The minimum Gasteiger partial charge on any atom is -0.452 e. The number of fused-ring (bicyclic) bond motifs is 1. The van der Waals surface area contributed by atoms with Crippen LogP contribution in [-0.4, -0.2) is 18.5 Å². The highest BCUT2D eigenvalue weighted by molar-refractivity contribution is 5.96. The molecule has 0 atom stereocenters. The molecule has 1 aromatic carbocycles. The third-order valence-electron chi connectivity index (χ3n) is 4.26. The van der Waals surface area contributed by atoms with Crippen molar-refractivity contribution in [3.05, 3.63) is 62.7 Å². The molecule has 0 saturated heterocycles. The van der Waals surface area contributed by atoms with Crippen molar-refractivity contribution >= 4 is 17.6 Å². The first-order valence-electron chi connectivity index (χ1n) is 8.14. The summed E-state index contributed by atoms with van der Waals surface area (Å²) in [5, 5.41) is 2.73. The van der Waals surface area contributed by atoms with Gasteiger partial charge < -0.3 is 14.5 Å². The lowest BCUT2D eigenvalue weighted by Crippen LogP contribution is -2.22. The van der Waals surface area contributed by atoms with Crippen LogP contribution in [-0.2, 0) is 22.4 Å². The number of carbonyl (C=O) groups is 2. The number of amides is 1. The first-order chi connectivity index (χ1) is 11.9. The summed E-state index contributed by atoms with van der Waals surface area (Å²) in [5.41, 5.74) is 3.37. The maximum atomic E-state index is 12.1. The summed E-state index contributed by atoms with van der Waals surface area (Å²) < 4.78 is 9.94. The van der Waals surface area contributed by atoms with E-state index in [1.807, 2.05) is 18.2 Å². The Kier molecular flexibility index (Phi) is 4.70. The van der Waals surface area contributed by atoms with Crippen molar-refractivity contribution in [1.29, 1.82) is 0 Å². The van der Waals surface area contributed by atoms with E-state index in [4.69, 9.17) is 9.15 Å². The second kappa shape index (κ2) is 6.93. The molecule has 6 nitrogen and oxygen atoms in total. The predicted octanol–water partition coefficient (Wildman–Crippen LogP) is 2.54. The van der Waals surface area contributed by atoms with Crippen LogP contribution in [0, 0.1) is 13.8 Å². The van der Waals surface area contributed by atoms with Crippen LogP contribution >= 0.6 is 0 Å². The van der Waals surface area contributed by atoms with Crippen molar-refractivity contribution in [3.8, 4) is 0 Å². The molecule has 0 saturated carbocycles. The van der Waals surface area contributed by atoms with Gasteiger partial charge in [0.05, 0.1) is 0 Å². The van der Waals surface area contributed by atoms with Crippen molar-refractivity contribution in [2.45, 2.75) is 33.1 Å². The number of anilines is 1. The van der Waals surface area contributed by atoms with Gasteiger partial charge in [0.1, 0.15) is 11.3 Å². The highest BCUT2D eigenvalue weighted by Gasteiger charge is 2.18. The van der Waals surface area contributed by atoms with Crippen LogP contribution in [0.3, 0.4) is 0 Å². The zero-order valence-electron chi connectivity index (χ0n) is 14.2. The van der Waals surface area contributed by atoms with Crippen LogP contribution in [0.25, 0.3) is 0 Å². The van der Waals surface area contributed by atoms with Crippen LogP contribution in [0.2, 0.25) is 0 Å². The monoisotopic (exact) mass is 341 g/mol. The number of nitrogens with one attached hydrogen (secondary N) is 1. The van der Waals surface area contributed by atoms with E-state index in [2.05, 4.69) is 5.32 Å². The Morgan fingerprint density at radius 3 is 2.68 bits per heavy atom. The van der Waals surface area contributed by atoms with E-state index >= 15 is 0 Å². The molecule has 0 fully saturated rings. The van der Waals surface area contributed by atoms with Gasteiger partial charge >= 0.3 is 11.6 Å². The van der Waals surface area contributed by atoms with E-state index in [-0.39, 0.29) is 11.3 Å². The Hall–Kier alpha value is -2.89. The number of esters is 1. The molecule has 2 aromatic rings. The molecule has 1 amide bonds. The number of ether oxygens (including phenoxy) is 1. The highest BCUT2D eigenvalue weighted by atomic mass is 16.5. The SMILES string of the molecule is Cc1cc(=O)oc(C)c1C(=O)OCC(=O)Nc1ccc2c(c1)CCC2. The third kappa shape index (κ3) is 3.79. The molecule has 0 bridgehead atoms. The van der Waals surface area contributed by atoms with E-state index in [0.29, 0.717) is 11.3 Å². The minimum absolute atomic E-state index is 0.171. The average molecular weight is 341 g/mol.